The standard InChI is InChI=1S/C16H19N3O.2ClH/c17-10-4-7-15(20)19-16(13-5-2-1-3-6-13)14-8-11-18-12-9-14;;/h1-3,5-6,8-9,11-12,16H,4,7,10,17H2,(H,19,20);2*1H. The molecule has 1 unspecified atom stereocenters. The molecule has 6 heteroatoms. The topological polar surface area (TPSA) is 68.0 Å². The van der Waals surface area contributed by atoms with Gasteiger partial charge in [-0.3, -0.25) is 9.78 Å². The van der Waals surface area contributed by atoms with E-state index in [9.17, 15) is 4.79 Å². The minimum atomic E-state index is -0.149. The number of pyridine rings is 1. The molecule has 0 saturated heterocycles. The maximum absolute atomic E-state index is 12.0. The van der Waals surface area contributed by atoms with Crippen LogP contribution in [0.4, 0.5) is 0 Å². The lowest BCUT2D eigenvalue weighted by molar-refractivity contribution is -0.121. The van der Waals surface area contributed by atoms with Gasteiger partial charge in [0, 0.05) is 18.8 Å². The molecule has 0 spiro atoms. The van der Waals surface area contributed by atoms with Crippen molar-refractivity contribution in [1.29, 1.82) is 0 Å². The van der Waals surface area contributed by atoms with Gasteiger partial charge in [-0.25, -0.2) is 0 Å². The smallest absolute Gasteiger partial charge is 0.220 e. The summed E-state index contributed by atoms with van der Waals surface area (Å²) in [5.74, 6) is 0.0149. The SMILES string of the molecule is Cl.Cl.NCCCC(=O)NC(c1ccccc1)c1ccncc1. The molecule has 0 fully saturated rings. The normalized spacial score (nSPS) is 10.8. The summed E-state index contributed by atoms with van der Waals surface area (Å²) >= 11 is 0. The van der Waals surface area contributed by atoms with Crippen LogP contribution in [-0.2, 0) is 4.79 Å². The summed E-state index contributed by atoms with van der Waals surface area (Å²) in [6.45, 7) is 0.526. The van der Waals surface area contributed by atoms with Gasteiger partial charge in [0.25, 0.3) is 0 Å². The highest BCUT2D eigenvalue weighted by molar-refractivity contribution is 5.85. The fourth-order valence-electron chi connectivity index (χ4n) is 2.06. The minimum absolute atomic E-state index is 0. The second-order valence-electron chi connectivity index (χ2n) is 4.58. The van der Waals surface area contributed by atoms with E-state index in [1.807, 2.05) is 42.5 Å². The molecule has 1 aromatic carbocycles. The third-order valence-corrected chi connectivity index (χ3v) is 3.09. The first-order chi connectivity index (χ1) is 9.81. The van der Waals surface area contributed by atoms with Crippen LogP contribution in [0.25, 0.3) is 0 Å². The zero-order valence-electron chi connectivity index (χ0n) is 12.1. The zero-order chi connectivity index (χ0) is 14.2. The van der Waals surface area contributed by atoms with E-state index in [0.29, 0.717) is 19.4 Å². The van der Waals surface area contributed by atoms with Crippen LogP contribution >= 0.6 is 24.8 Å². The number of halogens is 2. The van der Waals surface area contributed by atoms with Crippen molar-refractivity contribution in [3.63, 3.8) is 0 Å². The molecular formula is C16H21Cl2N3O. The molecular weight excluding hydrogens is 321 g/mol. The predicted molar refractivity (Wildman–Crippen MR) is 93.4 cm³/mol. The molecule has 22 heavy (non-hydrogen) atoms. The third kappa shape index (κ3) is 6.02. The van der Waals surface area contributed by atoms with Crippen molar-refractivity contribution in [1.82, 2.24) is 10.3 Å². The molecule has 0 radical (unpaired) electrons. The van der Waals surface area contributed by atoms with Crippen LogP contribution in [0.5, 0.6) is 0 Å². The highest BCUT2D eigenvalue weighted by atomic mass is 35.5. The van der Waals surface area contributed by atoms with Crippen LogP contribution in [-0.4, -0.2) is 17.4 Å². The van der Waals surface area contributed by atoms with Crippen LogP contribution in [0.15, 0.2) is 54.9 Å². The number of rotatable bonds is 6. The maximum atomic E-state index is 12.0. The Hall–Kier alpha value is -1.62. The Morgan fingerprint density at radius 3 is 2.23 bits per heavy atom. The van der Waals surface area contributed by atoms with Gasteiger partial charge in [0.15, 0.2) is 0 Å². The molecule has 3 N–H and O–H groups in total. The van der Waals surface area contributed by atoms with Crippen LogP contribution in [0.3, 0.4) is 0 Å². The van der Waals surface area contributed by atoms with Crippen LogP contribution in [0.2, 0.25) is 0 Å². The van der Waals surface area contributed by atoms with E-state index in [4.69, 9.17) is 5.73 Å². The van der Waals surface area contributed by atoms with E-state index in [1.54, 1.807) is 12.4 Å². The van der Waals surface area contributed by atoms with Crippen molar-refractivity contribution in [2.24, 2.45) is 5.73 Å². The average Bonchev–Trinajstić information content (AvgIpc) is 2.52. The fraction of sp³-hybridized carbons (Fsp3) is 0.250. The molecule has 1 heterocycles. The van der Waals surface area contributed by atoms with Crippen LogP contribution < -0.4 is 11.1 Å². The highest BCUT2D eigenvalue weighted by Gasteiger charge is 2.16. The number of nitrogens with two attached hydrogens (primary N) is 1. The monoisotopic (exact) mass is 341 g/mol. The maximum Gasteiger partial charge on any atom is 0.220 e. The summed E-state index contributed by atoms with van der Waals surface area (Å²) < 4.78 is 0. The first kappa shape index (κ1) is 20.4. The number of aromatic nitrogens is 1. The van der Waals surface area contributed by atoms with Gasteiger partial charge in [-0.1, -0.05) is 30.3 Å². The molecule has 0 aliphatic heterocycles. The van der Waals surface area contributed by atoms with E-state index in [0.717, 1.165) is 11.1 Å². The number of carbonyl (C=O) groups is 1. The Bertz CT molecular complexity index is 498. The zero-order valence-corrected chi connectivity index (χ0v) is 13.8. The van der Waals surface area contributed by atoms with Gasteiger partial charge in [0.2, 0.25) is 5.91 Å². The molecule has 0 saturated carbocycles. The second-order valence-corrected chi connectivity index (χ2v) is 4.58. The molecule has 2 rings (SSSR count). The van der Waals surface area contributed by atoms with Crippen molar-refractivity contribution in [3.05, 3.63) is 66.0 Å². The molecule has 1 atom stereocenters. The summed E-state index contributed by atoms with van der Waals surface area (Å²) in [5, 5.41) is 3.06. The number of amides is 1. The van der Waals surface area contributed by atoms with Crippen molar-refractivity contribution in [2.45, 2.75) is 18.9 Å². The second kappa shape index (κ2) is 11.0. The van der Waals surface area contributed by atoms with Crippen LogP contribution in [0.1, 0.15) is 30.0 Å². The Balaban J connectivity index is 0.00000220. The van der Waals surface area contributed by atoms with Crippen molar-refractivity contribution in [3.8, 4) is 0 Å². The molecule has 1 amide bonds. The Kier molecular flexibility index (Phi) is 10.2. The first-order valence-electron chi connectivity index (χ1n) is 6.75. The number of nitrogens with one attached hydrogen (secondary N) is 1. The van der Waals surface area contributed by atoms with Gasteiger partial charge < -0.3 is 11.1 Å². The van der Waals surface area contributed by atoms with E-state index in [1.165, 1.54) is 0 Å². The van der Waals surface area contributed by atoms with Crippen molar-refractivity contribution >= 4 is 30.7 Å². The van der Waals surface area contributed by atoms with Gasteiger partial charge in [-0.05, 0) is 36.2 Å². The summed E-state index contributed by atoms with van der Waals surface area (Å²) in [6, 6.07) is 13.6. The summed E-state index contributed by atoms with van der Waals surface area (Å²) in [4.78, 5) is 16.0. The Morgan fingerprint density at radius 2 is 1.64 bits per heavy atom. The van der Waals surface area contributed by atoms with E-state index >= 15 is 0 Å². The van der Waals surface area contributed by atoms with Gasteiger partial charge in [0.05, 0.1) is 6.04 Å². The Labute approximate surface area is 143 Å². The van der Waals surface area contributed by atoms with E-state index < -0.39 is 0 Å². The van der Waals surface area contributed by atoms with E-state index in [2.05, 4.69) is 10.3 Å². The Morgan fingerprint density at radius 1 is 1.05 bits per heavy atom. The fourth-order valence-corrected chi connectivity index (χ4v) is 2.06. The van der Waals surface area contributed by atoms with Crippen molar-refractivity contribution in [2.75, 3.05) is 6.54 Å². The van der Waals surface area contributed by atoms with Crippen LogP contribution in [0, 0.1) is 0 Å². The molecule has 2 aromatic rings. The number of benzene rings is 1. The number of hydrogen-bond acceptors (Lipinski definition) is 3. The predicted octanol–water partition coefficient (Wildman–Crippen LogP) is 2.87. The highest BCUT2D eigenvalue weighted by Crippen LogP contribution is 2.21. The molecule has 120 valence electrons. The van der Waals surface area contributed by atoms with E-state index in [-0.39, 0.29) is 36.8 Å². The number of hydrogen-bond donors (Lipinski definition) is 2. The van der Waals surface area contributed by atoms with Gasteiger partial charge in [-0.15, -0.1) is 24.8 Å². The minimum Gasteiger partial charge on any atom is -0.345 e. The first-order valence-corrected chi connectivity index (χ1v) is 6.75. The lowest BCUT2D eigenvalue weighted by atomic mass is 9.99. The molecule has 4 nitrogen and oxygen atoms in total. The summed E-state index contributed by atoms with van der Waals surface area (Å²) in [5.41, 5.74) is 7.52. The van der Waals surface area contributed by atoms with Crippen molar-refractivity contribution < 1.29 is 4.79 Å². The quantitative estimate of drug-likeness (QED) is 0.848. The summed E-state index contributed by atoms with van der Waals surface area (Å²) in [6.07, 6.45) is 4.61. The molecule has 1 aromatic heterocycles. The lowest BCUT2D eigenvalue weighted by Crippen LogP contribution is -2.29. The van der Waals surface area contributed by atoms with Gasteiger partial charge >= 0.3 is 0 Å². The van der Waals surface area contributed by atoms with Gasteiger partial charge in [0.1, 0.15) is 0 Å². The molecule has 0 aliphatic carbocycles. The summed E-state index contributed by atoms with van der Waals surface area (Å²) in [7, 11) is 0. The largest absolute Gasteiger partial charge is 0.345 e. The average molecular weight is 342 g/mol. The lowest BCUT2D eigenvalue weighted by Gasteiger charge is -2.19. The molecule has 0 aliphatic rings. The number of carbonyl (C=O) groups excluding carboxylic acids is 1. The molecule has 0 bridgehead atoms. The number of nitrogens with zero attached hydrogens (tertiary/aromatic N) is 1. The van der Waals surface area contributed by atoms with Gasteiger partial charge in [-0.2, -0.15) is 0 Å². The third-order valence-electron chi connectivity index (χ3n) is 3.09.